The first-order valence-electron chi connectivity index (χ1n) is 11.0. The van der Waals surface area contributed by atoms with E-state index < -0.39 is 0 Å². The van der Waals surface area contributed by atoms with E-state index >= 15 is 0 Å². The summed E-state index contributed by atoms with van der Waals surface area (Å²) in [5.74, 6) is 1.99. The molecule has 2 aromatic heterocycles. The van der Waals surface area contributed by atoms with E-state index in [1.807, 2.05) is 29.2 Å². The van der Waals surface area contributed by atoms with Crippen LogP contribution in [0.25, 0.3) is 10.9 Å². The summed E-state index contributed by atoms with van der Waals surface area (Å²) >= 11 is 0. The van der Waals surface area contributed by atoms with Crippen molar-refractivity contribution >= 4 is 16.8 Å². The van der Waals surface area contributed by atoms with Gasteiger partial charge in [-0.1, -0.05) is 0 Å². The van der Waals surface area contributed by atoms with Crippen molar-refractivity contribution in [2.45, 2.75) is 31.9 Å². The number of rotatable bonds is 5. The average Bonchev–Trinajstić information content (AvgIpc) is 3.51. The quantitative estimate of drug-likeness (QED) is 0.653. The molecule has 1 unspecified atom stereocenters. The zero-order valence-corrected chi connectivity index (χ0v) is 18.8. The molecule has 2 aliphatic heterocycles. The first kappa shape index (κ1) is 21.0. The number of aromatic nitrogens is 3. The molecule has 9 heteroatoms. The largest absolute Gasteiger partial charge is 0.497 e. The van der Waals surface area contributed by atoms with E-state index in [-0.39, 0.29) is 17.4 Å². The minimum atomic E-state index is 0.0547. The molecule has 0 aliphatic carbocycles. The molecular formula is C23H29N5O4. The maximum atomic E-state index is 13.1. The maximum Gasteiger partial charge on any atom is 0.270 e. The third-order valence-electron chi connectivity index (χ3n) is 6.95. The normalized spacial score (nSPS) is 21.0. The second-order valence-electron chi connectivity index (χ2n) is 9.03. The lowest BCUT2D eigenvalue weighted by Crippen LogP contribution is -2.44. The Kier molecular flexibility index (Phi) is 5.38. The van der Waals surface area contributed by atoms with E-state index in [4.69, 9.17) is 13.9 Å². The van der Waals surface area contributed by atoms with Crippen molar-refractivity contribution in [1.29, 1.82) is 0 Å². The summed E-state index contributed by atoms with van der Waals surface area (Å²) in [6.45, 7) is 2.79. The Balaban J connectivity index is 1.25. The van der Waals surface area contributed by atoms with Crippen LogP contribution in [-0.2, 0) is 11.3 Å². The van der Waals surface area contributed by atoms with Crippen molar-refractivity contribution in [3.8, 4) is 5.75 Å². The number of piperidine rings is 1. The molecule has 1 spiro atoms. The molecule has 2 aliphatic rings. The van der Waals surface area contributed by atoms with Crippen LogP contribution in [0.2, 0.25) is 0 Å². The Morgan fingerprint density at radius 2 is 2.06 bits per heavy atom. The Morgan fingerprint density at radius 3 is 2.81 bits per heavy atom. The molecule has 0 bridgehead atoms. The first-order chi connectivity index (χ1) is 15.5. The van der Waals surface area contributed by atoms with Crippen LogP contribution in [0.3, 0.4) is 0 Å². The molecule has 1 atom stereocenters. The van der Waals surface area contributed by atoms with Gasteiger partial charge in [-0.3, -0.25) is 9.69 Å². The highest BCUT2D eigenvalue weighted by Gasteiger charge is 2.47. The Hall–Kier alpha value is -2.91. The van der Waals surface area contributed by atoms with E-state index in [0.29, 0.717) is 24.1 Å². The highest BCUT2D eigenvalue weighted by Crippen LogP contribution is 2.48. The van der Waals surface area contributed by atoms with Crippen molar-refractivity contribution in [2.24, 2.45) is 5.41 Å². The van der Waals surface area contributed by atoms with Gasteiger partial charge in [0.2, 0.25) is 11.8 Å². The molecule has 2 saturated heterocycles. The van der Waals surface area contributed by atoms with Crippen molar-refractivity contribution in [2.75, 3.05) is 40.9 Å². The fourth-order valence-electron chi connectivity index (χ4n) is 5.19. The van der Waals surface area contributed by atoms with Crippen LogP contribution in [0.4, 0.5) is 0 Å². The van der Waals surface area contributed by atoms with Gasteiger partial charge in [0.05, 0.1) is 13.2 Å². The van der Waals surface area contributed by atoms with Crippen molar-refractivity contribution in [1.82, 2.24) is 25.0 Å². The average molecular weight is 440 g/mol. The number of nitrogens with one attached hydrogen (secondary N) is 1. The van der Waals surface area contributed by atoms with Gasteiger partial charge in [0.1, 0.15) is 18.1 Å². The summed E-state index contributed by atoms with van der Waals surface area (Å²) in [7, 11) is 5.36. The standard InChI is InChI=1S/C23H29N5O4/c1-27-14-23(12-19(27)21-26-25-20(32-21)13-30-2)6-8-28(9-7-23)22(29)18-10-15-4-5-16(31-3)11-17(15)24-18/h4-5,10-11,19,24H,6-9,12-14H2,1-3H3. The molecule has 9 nitrogen and oxygen atoms in total. The number of methoxy groups -OCH3 is 2. The lowest BCUT2D eigenvalue weighted by molar-refractivity contribution is 0.0588. The molecule has 32 heavy (non-hydrogen) atoms. The number of H-pyrrole nitrogens is 1. The zero-order valence-electron chi connectivity index (χ0n) is 18.8. The molecule has 0 saturated carbocycles. The number of carbonyl (C=O) groups excluding carboxylic acids is 1. The smallest absolute Gasteiger partial charge is 0.270 e. The van der Waals surface area contributed by atoms with Gasteiger partial charge in [0.25, 0.3) is 5.91 Å². The number of hydrogen-bond donors (Lipinski definition) is 1. The summed E-state index contributed by atoms with van der Waals surface area (Å²) in [5, 5.41) is 9.34. The van der Waals surface area contributed by atoms with Gasteiger partial charge in [-0.15, -0.1) is 10.2 Å². The number of hydrogen-bond acceptors (Lipinski definition) is 7. The van der Waals surface area contributed by atoms with Gasteiger partial charge < -0.3 is 23.8 Å². The third kappa shape index (κ3) is 3.75. The Bertz CT molecular complexity index is 1110. The summed E-state index contributed by atoms with van der Waals surface area (Å²) in [5.41, 5.74) is 1.70. The van der Waals surface area contributed by atoms with Gasteiger partial charge in [-0.25, -0.2) is 0 Å². The minimum absolute atomic E-state index is 0.0547. The SMILES string of the molecule is COCc1nnc(C2CC3(CCN(C(=O)c4cc5ccc(OC)cc5[nH]4)CC3)CN2C)o1. The van der Waals surface area contributed by atoms with Crippen molar-refractivity contribution in [3.05, 3.63) is 41.7 Å². The molecule has 5 rings (SSSR count). The Morgan fingerprint density at radius 1 is 1.25 bits per heavy atom. The van der Waals surface area contributed by atoms with E-state index in [2.05, 4.69) is 27.1 Å². The molecule has 1 amide bonds. The van der Waals surface area contributed by atoms with Crippen LogP contribution >= 0.6 is 0 Å². The lowest BCUT2D eigenvalue weighted by Gasteiger charge is -2.39. The van der Waals surface area contributed by atoms with Crippen LogP contribution in [0, 0.1) is 5.41 Å². The van der Waals surface area contributed by atoms with Gasteiger partial charge in [-0.05, 0) is 49.9 Å². The van der Waals surface area contributed by atoms with Crippen LogP contribution in [0.15, 0.2) is 28.7 Å². The summed E-state index contributed by atoms with van der Waals surface area (Å²) in [4.78, 5) is 20.7. The van der Waals surface area contributed by atoms with E-state index in [9.17, 15) is 4.79 Å². The second kappa shape index (κ2) is 8.22. The lowest BCUT2D eigenvalue weighted by atomic mass is 9.76. The zero-order chi connectivity index (χ0) is 22.3. The van der Waals surface area contributed by atoms with E-state index in [1.54, 1.807) is 14.2 Å². The Labute approximate surface area is 186 Å². The van der Waals surface area contributed by atoms with Gasteiger partial charge in [0.15, 0.2) is 0 Å². The number of aromatic amines is 1. The number of benzene rings is 1. The van der Waals surface area contributed by atoms with Crippen LogP contribution in [0.1, 0.15) is 47.6 Å². The third-order valence-corrected chi connectivity index (χ3v) is 6.95. The highest BCUT2D eigenvalue weighted by atomic mass is 16.5. The molecule has 170 valence electrons. The second-order valence-corrected chi connectivity index (χ2v) is 9.03. The number of likely N-dealkylation sites (tertiary alicyclic amines) is 2. The van der Waals surface area contributed by atoms with Crippen LogP contribution < -0.4 is 4.74 Å². The number of amides is 1. The molecule has 3 aromatic rings. The molecule has 4 heterocycles. The summed E-state index contributed by atoms with van der Waals surface area (Å²) in [6.07, 6.45) is 2.89. The van der Waals surface area contributed by atoms with E-state index in [0.717, 1.165) is 55.5 Å². The number of fused-ring (bicyclic) bond motifs is 1. The molecule has 0 radical (unpaired) electrons. The van der Waals surface area contributed by atoms with Gasteiger partial charge >= 0.3 is 0 Å². The molecule has 1 aromatic carbocycles. The monoisotopic (exact) mass is 439 g/mol. The van der Waals surface area contributed by atoms with Crippen molar-refractivity contribution < 1.29 is 18.7 Å². The maximum absolute atomic E-state index is 13.1. The van der Waals surface area contributed by atoms with Gasteiger partial charge in [0, 0.05) is 43.7 Å². The first-order valence-corrected chi connectivity index (χ1v) is 11.0. The van der Waals surface area contributed by atoms with Gasteiger partial charge in [-0.2, -0.15) is 0 Å². The molecule has 2 fully saturated rings. The van der Waals surface area contributed by atoms with Crippen LogP contribution in [-0.4, -0.2) is 71.8 Å². The predicted molar refractivity (Wildman–Crippen MR) is 117 cm³/mol. The summed E-state index contributed by atoms with van der Waals surface area (Å²) < 4.78 is 16.2. The minimum Gasteiger partial charge on any atom is -0.497 e. The molecular weight excluding hydrogens is 410 g/mol. The molecule has 1 N–H and O–H groups in total. The fourth-order valence-corrected chi connectivity index (χ4v) is 5.19. The van der Waals surface area contributed by atoms with Crippen LogP contribution in [0.5, 0.6) is 5.75 Å². The predicted octanol–water partition coefficient (Wildman–Crippen LogP) is 3.01. The highest BCUT2D eigenvalue weighted by molar-refractivity contribution is 5.98. The van der Waals surface area contributed by atoms with E-state index in [1.165, 1.54) is 0 Å². The number of nitrogens with zero attached hydrogens (tertiary/aromatic N) is 4. The summed E-state index contributed by atoms with van der Waals surface area (Å²) in [6, 6.07) is 7.83. The number of ether oxygens (including phenoxy) is 2. The topological polar surface area (TPSA) is 96.7 Å². The van der Waals surface area contributed by atoms with Crippen molar-refractivity contribution in [3.63, 3.8) is 0 Å². The fraction of sp³-hybridized carbons (Fsp3) is 0.522. The number of carbonyl (C=O) groups is 1.